The van der Waals surface area contributed by atoms with Gasteiger partial charge in [-0.1, -0.05) is 0 Å². The number of likely N-dealkylation sites (tertiary alicyclic amines) is 1. The minimum atomic E-state index is 0.0131. The molecule has 104 valence electrons. The van der Waals surface area contributed by atoms with E-state index in [2.05, 4.69) is 0 Å². The highest BCUT2D eigenvalue weighted by atomic mass is 32.2. The predicted molar refractivity (Wildman–Crippen MR) is 74.6 cm³/mol. The van der Waals surface area contributed by atoms with Crippen LogP contribution in [-0.4, -0.2) is 47.1 Å². The van der Waals surface area contributed by atoms with E-state index in [0.29, 0.717) is 11.9 Å². The summed E-state index contributed by atoms with van der Waals surface area (Å²) in [7, 11) is 0. The molecule has 3 rings (SSSR count). The van der Waals surface area contributed by atoms with Crippen molar-refractivity contribution in [3.8, 4) is 0 Å². The monoisotopic (exact) mass is 281 g/mol. The predicted octanol–water partition coefficient (Wildman–Crippen LogP) is 2.32. The molecule has 0 bridgehead atoms. The van der Waals surface area contributed by atoms with E-state index >= 15 is 0 Å². The lowest BCUT2D eigenvalue weighted by molar-refractivity contribution is 0.0339. The van der Waals surface area contributed by atoms with Crippen molar-refractivity contribution in [3.05, 3.63) is 23.7 Å². The summed E-state index contributed by atoms with van der Waals surface area (Å²) in [5.74, 6) is 2.30. The van der Waals surface area contributed by atoms with Crippen LogP contribution >= 0.6 is 11.8 Å². The van der Waals surface area contributed by atoms with E-state index in [1.807, 2.05) is 36.6 Å². The van der Waals surface area contributed by atoms with Gasteiger partial charge in [-0.3, -0.25) is 4.79 Å². The second-order valence-electron chi connectivity index (χ2n) is 5.35. The number of furan rings is 1. The fourth-order valence-corrected chi connectivity index (χ4v) is 4.42. The first kappa shape index (κ1) is 13.1. The van der Waals surface area contributed by atoms with Crippen LogP contribution in [0.25, 0.3) is 0 Å². The summed E-state index contributed by atoms with van der Waals surface area (Å²) in [6.45, 7) is 6.30. The van der Waals surface area contributed by atoms with Gasteiger partial charge in [-0.05, 0) is 32.4 Å². The molecule has 2 saturated heterocycles. The van der Waals surface area contributed by atoms with Crippen molar-refractivity contribution in [2.75, 3.05) is 25.4 Å². The molecule has 1 amide bonds. The van der Waals surface area contributed by atoms with E-state index in [-0.39, 0.29) is 10.7 Å². The second-order valence-corrected chi connectivity index (χ2v) is 6.84. The van der Waals surface area contributed by atoms with E-state index in [4.69, 9.17) is 9.15 Å². The molecule has 1 atom stereocenters. The van der Waals surface area contributed by atoms with Gasteiger partial charge in [-0.2, -0.15) is 0 Å². The van der Waals surface area contributed by atoms with Gasteiger partial charge in [0, 0.05) is 25.4 Å². The molecule has 0 radical (unpaired) electrons. The number of amides is 1. The highest BCUT2D eigenvalue weighted by Gasteiger charge is 2.51. The molecule has 5 heteroatoms. The molecule has 2 fully saturated rings. The Hall–Kier alpha value is -0.940. The number of hydrogen-bond acceptors (Lipinski definition) is 4. The minimum Gasteiger partial charge on any atom is -0.456 e. The van der Waals surface area contributed by atoms with Crippen LogP contribution in [0.3, 0.4) is 0 Å². The quantitative estimate of drug-likeness (QED) is 0.853. The van der Waals surface area contributed by atoms with Crippen LogP contribution < -0.4 is 0 Å². The maximum atomic E-state index is 12.2. The van der Waals surface area contributed by atoms with Gasteiger partial charge in [0.1, 0.15) is 5.76 Å². The van der Waals surface area contributed by atoms with Crippen LogP contribution in [0.15, 0.2) is 16.5 Å². The van der Waals surface area contributed by atoms with Gasteiger partial charge in [-0.25, -0.2) is 0 Å². The molecule has 0 unspecified atom stereocenters. The zero-order valence-electron chi connectivity index (χ0n) is 11.3. The lowest BCUT2D eigenvalue weighted by atomic mass is 9.92. The van der Waals surface area contributed by atoms with Gasteiger partial charge < -0.3 is 14.1 Å². The van der Waals surface area contributed by atoms with E-state index in [1.165, 1.54) is 0 Å². The number of carbonyl (C=O) groups excluding carboxylic acids is 1. The minimum absolute atomic E-state index is 0.0131. The van der Waals surface area contributed by atoms with Gasteiger partial charge in [-0.15, -0.1) is 11.8 Å². The summed E-state index contributed by atoms with van der Waals surface area (Å²) in [6, 6.07) is 3.59. The summed E-state index contributed by atoms with van der Waals surface area (Å²) < 4.78 is 11.3. The molecule has 0 aliphatic carbocycles. The van der Waals surface area contributed by atoms with E-state index in [1.54, 1.807) is 6.07 Å². The molecular weight excluding hydrogens is 262 g/mol. The van der Waals surface area contributed by atoms with Crippen molar-refractivity contribution in [2.24, 2.45) is 0 Å². The normalized spacial score (nSPS) is 24.7. The van der Waals surface area contributed by atoms with Crippen LogP contribution in [0.1, 0.15) is 29.7 Å². The van der Waals surface area contributed by atoms with Crippen LogP contribution in [0.5, 0.6) is 0 Å². The van der Waals surface area contributed by atoms with Crippen molar-refractivity contribution in [1.82, 2.24) is 4.90 Å². The number of thioether (sulfide) groups is 1. The lowest BCUT2D eigenvalue weighted by Crippen LogP contribution is -2.60. The maximum absolute atomic E-state index is 12.2. The first-order valence-corrected chi connectivity index (χ1v) is 7.72. The first-order valence-electron chi connectivity index (χ1n) is 6.73. The van der Waals surface area contributed by atoms with Gasteiger partial charge >= 0.3 is 0 Å². The standard InChI is InChI=1S/C14H19NO3S/c1-3-17-11-6-14(19-7-11)8-15(9-14)13(16)12-5-4-10(2)18-12/h4-5,11H,3,6-9H2,1-2H3/t11-/m0/s1. The Kier molecular flexibility index (Phi) is 3.35. The van der Waals surface area contributed by atoms with Crippen LogP contribution in [0, 0.1) is 6.92 Å². The van der Waals surface area contributed by atoms with Crippen LogP contribution in [0.2, 0.25) is 0 Å². The summed E-state index contributed by atoms with van der Waals surface area (Å²) in [5.41, 5.74) is 0. The Balaban J connectivity index is 1.57. The Morgan fingerprint density at radius 1 is 1.58 bits per heavy atom. The topological polar surface area (TPSA) is 42.7 Å². The Labute approximate surface area is 117 Å². The first-order chi connectivity index (χ1) is 9.12. The van der Waals surface area contributed by atoms with Gasteiger partial charge in [0.25, 0.3) is 5.91 Å². The molecule has 4 nitrogen and oxygen atoms in total. The summed E-state index contributed by atoms with van der Waals surface area (Å²) in [6.07, 6.45) is 1.42. The number of carbonyl (C=O) groups is 1. The van der Waals surface area contributed by atoms with Gasteiger partial charge in [0.2, 0.25) is 0 Å². The largest absolute Gasteiger partial charge is 0.456 e. The smallest absolute Gasteiger partial charge is 0.289 e. The molecule has 2 aliphatic rings. The zero-order chi connectivity index (χ0) is 13.5. The van der Waals surface area contributed by atoms with Crippen molar-refractivity contribution in [3.63, 3.8) is 0 Å². The Bertz CT molecular complexity index is 479. The highest BCUT2D eigenvalue weighted by molar-refractivity contribution is 8.01. The molecule has 0 N–H and O–H groups in total. The summed E-state index contributed by atoms with van der Waals surface area (Å²) >= 11 is 1.95. The number of ether oxygens (including phenoxy) is 1. The van der Waals surface area contributed by atoms with Crippen LogP contribution in [0.4, 0.5) is 0 Å². The average molecular weight is 281 g/mol. The van der Waals surface area contributed by atoms with Crippen molar-refractivity contribution in [1.29, 1.82) is 0 Å². The van der Waals surface area contributed by atoms with Gasteiger partial charge in [0.05, 0.1) is 10.9 Å². The molecule has 2 aliphatic heterocycles. The number of aryl methyl sites for hydroxylation is 1. The fraction of sp³-hybridized carbons (Fsp3) is 0.643. The third-order valence-electron chi connectivity index (χ3n) is 3.77. The van der Waals surface area contributed by atoms with Crippen molar-refractivity contribution < 1.29 is 13.9 Å². The maximum Gasteiger partial charge on any atom is 0.289 e. The molecule has 0 saturated carbocycles. The molecule has 19 heavy (non-hydrogen) atoms. The summed E-state index contributed by atoms with van der Waals surface area (Å²) in [4.78, 5) is 14.1. The summed E-state index contributed by atoms with van der Waals surface area (Å²) in [5, 5.41) is 0. The Morgan fingerprint density at radius 3 is 3.00 bits per heavy atom. The van der Waals surface area contributed by atoms with Crippen LogP contribution in [-0.2, 0) is 4.74 Å². The highest BCUT2D eigenvalue weighted by Crippen LogP contribution is 2.46. The molecule has 3 heterocycles. The third kappa shape index (κ3) is 2.41. The van der Waals surface area contributed by atoms with Crippen molar-refractivity contribution in [2.45, 2.75) is 31.1 Å². The lowest BCUT2D eigenvalue weighted by Gasteiger charge is -2.47. The molecule has 1 spiro atoms. The molecular formula is C14H19NO3S. The number of nitrogens with zero attached hydrogens (tertiary/aromatic N) is 1. The molecule has 1 aromatic heterocycles. The fourth-order valence-electron chi connectivity index (χ4n) is 2.86. The average Bonchev–Trinajstić information content (AvgIpc) is 2.94. The second kappa shape index (κ2) is 4.87. The number of rotatable bonds is 3. The van der Waals surface area contributed by atoms with Crippen molar-refractivity contribution >= 4 is 17.7 Å². The Morgan fingerprint density at radius 2 is 2.37 bits per heavy atom. The SMILES string of the molecule is CCO[C@@H]1CSC2(C1)CN(C(=O)c1ccc(C)o1)C2. The van der Waals surface area contributed by atoms with E-state index in [9.17, 15) is 4.79 Å². The number of hydrogen-bond donors (Lipinski definition) is 0. The zero-order valence-corrected chi connectivity index (χ0v) is 12.2. The molecule has 0 aromatic carbocycles. The molecule has 1 aromatic rings. The van der Waals surface area contributed by atoms with E-state index in [0.717, 1.165) is 37.6 Å². The van der Waals surface area contributed by atoms with E-state index < -0.39 is 0 Å². The third-order valence-corrected chi connectivity index (χ3v) is 5.35. The van der Waals surface area contributed by atoms with Gasteiger partial charge in [0.15, 0.2) is 5.76 Å².